The van der Waals surface area contributed by atoms with E-state index in [2.05, 4.69) is 21.1 Å². The van der Waals surface area contributed by atoms with E-state index in [0.717, 1.165) is 40.2 Å². The number of nitrogens with two attached hydrogens (primary N) is 1. The molecule has 3 aromatic heterocycles. The van der Waals surface area contributed by atoms with Gasteiger partial charge < -0.3 is 10.7 Å². The minimum absolute atomic E-state index is 0.463. The molecule has 1 saturated carbocycles. The van der Waals surface area contributed by atoms with Crippen LogP contribution in [-0.2, 0) is 6.54 Å². The highest BCUT2D eigenvalue weighted by molar-refractivity contribution is 5.91. The molecule has 8 heteroatoms. The highest BCUT2D eigenvalue weighted by Gasteiger charge is 2.24. The van der Waals surface area contributed by atoms with Crippen LogP contribution in [0.4, 0.5) is 5.82 Å². The summed E-state index contributed by atoms with van der Waals surface area (Å²) in [6.07, 6.45) is 4.19. The first-order valence-electron chi connectivity index (χ1n) is 10.7. The van der Waals surface area contributed by atoms with Crippen LogP contribution in [0.1, 0.15) is 29.8 Å². The van der Waals surface area contributed by atoms with Crippen molar-refractivity contribution in [3.63, 3.8) is 0 Å². The topological polar surface area (TPSA) is 114 Å². The zero-order chi connectivity index (χ0) is 22.2. The molecule has 0 bridgehead atoms. The quantitative estimate of drug-likeness (QED) is 0.509. The van der Waals surface area contributed by atoms with E-state index in [1.807, 2.05) is 42.8 Å². The number of anilines is 1. The molecule has 32 heavy (non-hydrogen) atoms. The molecule has 8 nitrogen and oxygen atoms in total. The van der Waals surface area contributed by atoms with E-state index in [1.165, 1.54) is 12.8 Å². The summed E-state index contributed by atoms with van der Waals surface area (Å²) in [6.45, 7) is 4.77. The first-order chi connectivity index (χ1) is 15.5. The summed E-state index contributed by atoms with van der Waals surface area (Å²) in [4.78, 5) is 8.00. The molecule has 5 rings (SSSR count). The van der Waals surface area contributed by atoms with Crippen LogP contribution in [0.15, 0.2) is 48.7 Å². The second-order valence-corrected chi connectivity index (χ2v) is 8.29. The molecule has 3 N–H and O–H groups in total. The molecule has 0 saturated heterocycles. The van der Waals surface area contributed by atoms with Crippen molar-refractivity contribution in [3.8, 4) is 23.1 Å². The fraction of sp³-hybridized carbons (Fsp3) is 0.250. The minimum Gasteiger partial charge on any atom is -0.385 e. The number of hydrogen-bond donors (Lipinski definition) is 2. The van der Waals surface area contributed by atoms with Crippen molar-refractivity contribution >= 4 is 16.9 Å². The molecule has 4 aromatic rings. The lowest BCUT2D eigenvalue weighted by Gasteiger charge is -2.02. The molecule has 1 aliphatic rings. The van der Waals surface area contributed by atoms with Crippen molar-refractivity contribution in [2.24, 2.45) is 5.92 Å². The maximum atomic E-state index is 9.14. The van der Waals surface area contributed by atoms with Gasteiger partial charge in [-0.05, 0) is 56.9 Å². The van der Waals surface area contributed by atoms with E-state index < -0.39 is 0 Å². The number of rotatable bonds is 4. The third kappa shape index (κ3) is 3.81. The Morgan fingerprint density at radius 2 is 1.91 bits per heavy atom. The molecule has 0 aliphatic heterocycles. The maximum Gasteiger partial charge on any atom is 0.157 e. The molecule has 0 radical (unpaired) electrons. The van der Waals surface area contributed by atoms with Crippen LogP contribution in [0.25, 0.3) is 28.1 Å². The number of H-pyrrole nitrogens is 1. The van der Waals surface area contributed by atoms with E-state index >= 15 is 0 Å². The van der Waals surface area contributed by atoms with Crippen molar-refractivity contribution in [2.45, 2.75) is 33.2 Å². The van der Waals surface area contributed by atoms with Gasteiger partial charge in [-0.2, -0.15) is 15.5 Å². The number of aryl methyl sites for hydroxylation is 2. The van der Waals surface area contributed by atoms with Gasteiger partial charge in [-0.15, -0.1) is 0 Å². The van der Waals surface area contributed by atoms with Crippen LogP contribution in [0.3, 0.4) is 0 Å². The smallest absolute Gasteiger partial charge is 0.157 e. The second kappa shape index (κ2) is 7.85. The summed E-state index contributed by atoms with van der Waals surface area (Å²) in [7, 11) is 0. The van der Waals surface area contributed by atoms with Crippen molar-refractivity contribution in [3.05, 3.63) is 65.6 Å². The van der Waals surface area contributed by atoms with E-state index in [4.69, 9.17) is 16.1 Å². The number of hydrogen-bond acceptors (Lipinski definition) is 5. The van der Waals surface area contributed by atoms with Gasteiger partial charge in [0.05, 0.1) is 17.3 Å². The fourth-order valence-corrected chi connectivity index (χ4v) is 3.87. The van der Waals surface area contributed by atoms with Crippen LogP contribution in [0.2, 0.25) is 0 Å². The maximum absolute atomic E-state index is 9.14. The monoisotopic (exact) mass is 424 g/mol. The Bertz CT molecular complexity index is 1390. The van der Waals surface area contributed by atoms with Crippen molar-refractivity contribution < 1.29 is 0 Å². The van der Waals surface area contributed by atoms with Crippen molar-refractivity contribution in [1.29, 1.82) is 5.26 Å². The number of aromatic amines is 1. The first-order valence-corrected chi connectivity index (χ1v) is 10.7. The van der Waals surface area contributed by atoms with E-state index in [0.29, 0.717) is 23.1 Å². The Morgan fingerprint density at radius 3 is 2.56 bits per heavy atom. The summed E-state index contributed by atoms with van der Waals surface area (Å²) >= 11 is 0. The van der Waals surface area contributed by atoms with Crippen LogP contribution in [0, 0.1) is 31.1 Å². The molecule has 0 unspecified atom stereocenters. The lowest BCUT2D eigenvalue weighted by atomic mass is 10.1. The van der Waals surface area contributed by atoms with Gasteiger partial charge >= 0.3 is 0 Å². The molecule has 0 atom stereocenters. The molecular formula is C24H24N8. The Kier molecular flexibility index (Phi) is 4.86. The number of nitrogens with one attached hydrogen (secondary N) is 1. The number of nitrogens with zero attached hydrogens (tertiary/aromatic N) is 6. The Morgan fingerprint density at radius 1 is 1.12 bits per heavy atom. The molecule has 0 spiro atoms. The lowest BCUT2D eigenvalue weighted by molar-refractivity contribution is 0.578. The highest BCUT2D eigenvalue weighted by atomic mass is 15.3. The molecule has 3 heterocycles. The van der Waals surface area contributed by atoms with Crippen LogP contribution in [0.5, 0.6) is 0 Å². The first kappa shape index (κ1) is 19.8. The van der Waals surface area contributed by atoms with Gasteiger partial charge in [0.15, 0.2) is 5.82 Å². The van der Waals surface area contributed by atoms with E-state index in [-0.39, 0.29) is 0 Å². The summed E-state index contributed by atoms with van der Waals surface area (Å²) in [5.41, 5.74) is 11.5. The van der Waals surface area contributed by atoms with Gasteiger partial charge in [-0.1, -0.05) is 12.1 Å². The molecule has 160 valence electrons. The molecule has 1 fully saturated rings. The molecular weight excluding hydrogens is 400 g/mol. The second-order valence-electron chi connectivity index (χ2n) is 8.29. The van der Waals surface area contributed by atoms with Gasteiger partial charge in [0, 0.05) is 35.5 Å². The Balaban J connectivity index is 1.73. The third-order valence-electron chi connectivity index (χ3n) is 5.63. The SMILES string of the molecule is Cc1cc(C)n(-c2cc(N)[nH]c3c(ccn2)c(-c2ccc(C#N)cc2)nn3CC2CC2)n1. The zero-order valence-corrected chi connectivity index (χ0v) is 18.1. The Hall–Kier alpha value is -4.12. The van der Waals surface area contributed by atoms with Gasteiger partial charge in [0.2, 0.25) is 0 Å². The average molecular weight is 425 g/mol. The molecule has 1 aromatic carbocycles. The van der Waals surface area contributed by atoms with Gasteiger partial charge in [0.25, 0.3) is 0 Å². The summed E-state index contributed by atoms with van der Waals surface area (Å²) in [5, 5.41) is 19.5. The summed E-state index contributed by atoms with van der Waals surface area (Å²) < 4.78 is 3.78. The molecule has 1 aliphatic carbocycles. The average Bonchev–Trinajstić information content (AvgIpc) is 3.43. The standard InChI is InChI=1S/C24H24N8/c1-15-11-16(2)32(29-15)22-12-21(26)28-24-20(9-10-27-22)23(30-31(24)14-18-3-4-18)19-7-5-17(13-25)6-8-19/h5-12,18,28H,3-4,14,26H2,1-2H3. The van der Waals surface area contributed by atoms with Crippen LogP contribution in [-0.4, -0.2) is 29.5 Å². The van der Waals surface area contributed by atoms with Crippen molar-refractivity contribution in [1.82, 2.24) is 29.5 Å². The minimum atomic E-state index is 0.463. The number of aromatic nitrogens is 6. The highest BCUT2D eigenvalue weighted by Crippen LogP contribution is 2.33. The number of benzene rings is 1. The number of nitrogen functional groups attached to an aromatic ring is 1. The van der Waals surface area contributed by atoms with Gasteiger partial charge in [0.1, 0.15) is 17.2 Å². The summed E-state index contributed by atoms with van der Waals surface area (Å²) in [6, 6.07) is 15.4. The van der Waals surface area contributed by atoms with Crippen LogP contribution >= 0.6 is 0 Å². The molecule has 0 amide bonds. The van der Waals surface area contributed by atoms with E-state index in [9.17, 15) is 0 Å². The number of nitriles is 1. The van der Waals surface area contributed by atoms with E-state index in [1.54, 1.807) is 29.1 Å². The van der Waals surface area contributed by atoms with Crippen molar-refractivity contribution in [2.75, 3.05) is 5.73 Å². The van der Waals surface area contributed by atoms with Gasteiger partial charge in [-0.3, -0.25) is 0 Å². The Labute approximate surface area is 185 Å². The lowest BCUT2D eigenvalue weighted by Crippen LogP contribution is -2.04. The van der Waals surface area contributed by atoms with Gasteiger partial charge in [-0.25, -0.2) is 14.3 Å². The normalized spacial score (nSPS) is 13.2. The van der Waals surface area contributed by atoms with Crippen LogP contribution < -0.4 is 5.73 Å². The third-order valence-corrected chi connectivity index (χ3v) is 5.63. The largest absolute Gasteiger partial charge is 0.385 e. The fourth-order valence-electron chi connectivity index (χ4n) is 3.87. The number of fused-ring (bicyclic) bond motifs is 1. The predicted octanol–water partition coefficient (Wildman–Crippen LogP) is 4.22. The zero-order valence-electron chi connectivity index (χ0n) is 18.1. The predicted molar refractivity (Wildman–Crippen MR) is 123 cm³/mol. The summed E-state index contributed by atoms with van der Waals surface area (Å²) in [5.74, 6) is 1.73.